The van der Waals surface area contributed by atoms with Gasteiger partial charge in [-0.15, -0.1) is 0 Å². The topological polar surface area (TPSA) is 75.0 Å². The van der Waals surface area contributed by atoms with Gasteiger partial charge in [-0.2, -0.15) is 5.26 Å². The average molecular weight is 329 g/mol. The number of aldehydes is 1. The molecule has 0 radical (unpaired) electrons. The van der Waals surface area contributed by atoms with E-state index in [0.717, 1.165) is 0 Å². The minimum absolute atomic E-state index is 0.0466. The van der Waals surface area contributed by atoms with Crippen molar-refractivity contribution in [3.63, 3.8) is 0 Å². The quantitative estimate of drug-likeness (QED) is 0.808. The van der Waals surface area contributed by atoms with Gasteiger partial charge in [0.2, 0.25) is 0 Å². The highest BCUT2D eigenvalue weighted by Crippen LogP contribution is 2.62. The summed E-state index contributed by atoms with van der Waals surface area (Å²) in [4.78, 5) is 11.5. The monoisotopic (exact) mass is 329 g/mol. The van der Waals surface area contributed by atoms with Gasteiger partial charge in [0.1, 0.15) is 22.8 Å². The first kappa shape index (κ1) is 15.4. The molecule has 0 spiro atoms. The van der Waals surface area contributed by atoms with Crippen molar-refractivity contribution in [2.75, 3.05) is 0 Å². The van der Waals surface area contributed by atoms with Crippen LogP contribution < -0.4 is 0 Å². The predicted octanol–water partition coefficient (Wildman–Crippen LogP) is 2.47. The van der Waals surface area contributed by atoms with Crippen molar-refractivity contribution < 1.29 is 17.6 Å². The van der Waals surface area contributed by atoms with Gasteiger partial charge in [-0.25, -0.2) is 12.8 Å². The molecular formula is C17H12FNO3S. The molecule has 1 fully saturated rings. The molecule has 1 aliphatic carbocycles. The molecule has 0 heterocycles. The number of hydrogen-bond acceptors (Lipinski definition) is 4. The number of nitrogens with zero attached hydrogens (tertiary/aromatic N) is 1. The van der Waals surface area contributed by atoms with Crippen LogP contribution in [-0.2, 0) is 14.6 Å². The molecule has 2 aromatic rings. The molecule has 6 heteroatoms. The molecule has 0 saturated heterocycles. The van der Waals surface area contributed by atoms with Crippen molar-refractivity contribution in [2.24, 2.45) is 5.41 Å². The fraction of sp³-hybridized carbons (Fsp3) is 0.176. The van der Waals surface area contributed by atoms with Gasteiger partial charge < -0.3 is 4.79 Å². The SMILES string of the molecule is N#CC1(C=O)C(c2cccc(F)c2)C1S(=O)(=O)c1ccccc1. The molecule has 0 bridgehead atoms. The van der Waals surface area contributed by atoms with Crippen molar-refractivity contribution in [1.82, 2.24) is 0 Å². The largest absolute Gasteiger partial charge is 0.302 e. The van der Waals surface area contributed by atoms with E-state index in [-0.39, 0.29) is 4.90 Å². The Morgan fingerprint density at radius 1 is 1.13 bits per heavy atom. The number of nitriles is 1. The second-order valence-electron chi connectivity index (χ2n) is 5.47. The molecule has 4 nitrogen and oxygen atoms in total. The van der Waals surface area contributed by atoms with E-state index < -0.39 is 32.2 Å². The molecule has 0 aromatic heterocycles. The first-order valence-corrected chi connectivity index (χ1v) is 8.44. The summed E-state index contributed by atoms with van der Waals surface area (Å²) in [6.07, 6.45) is 0.369. The molecule has 1 saturated carbocycles. The van der Waals surface area contributed by atoms with Gasteiger partial charge in [-0.05, 0) is 29.8 Å². The van der Waals surface area contributed by atoms with Crippen molar-refractivity contribution >= 4 is 16.1 Å². The minimum atomic E-state index is -3.88. The fourth-order valence-corrected chi connectivity index (χ4v) is 5.28. The lowest BCUT2D eigenvalue weighted by Gasteiger charge is -2.04. The molecular weight excluding hydrogens is 317 g/mol. The number of carbonyl (C=O) groups is 1. The van der Waals surface area contributed by atoms with E-state index in [1.165, 1.54) is 36.4 Å². The molecule has 1 aliphatic rings. The Balaban J connectivity index is 2.11. The zero-order chi connectivity index (χ0) is 16.7. The summed E-state index contributed by atoms with van der Waals surface area (Å²) < 4.78 is 39.0. The molecule has 0 aliphatic heterocycles. The number of sulfone groups is 1. The fourth-order valence-electron chi connectivity index (χ4n) is 3.02. The highest BCUT2D eigenvalue weighted by molar-refractivity contribution is 7.92. The van der Waals surface area contributed by atoms with E-state index in [0.29, 0.717) is 11.8 Å². The van der Waals surface area contributed by atoms with Crippen LogP contribution in [0.4, 0.5) is 4.39 Å². The molecule has 116 valence electrons. The number of hydrogen-bond donors (Lipinski definition) is 0. The van der Waals surface area contributed by atoms with Crippen molar-refractivity contribution in [3.8, 4) is 6.07 Å². The number of benzene rings is 2. The van der Waals surface area contributed by atoms with E-state index in [1.54, 1.807) is 18.2 Å². The van der Waals surface area contributed by atoms with Crippen LogP contribution in [0.1, 0.15) is 11.5 Å². The lowest BCUT2D eigenvalue weighted by molar-refractivity contribution is -0.110. The number of rotatable bonds is 4. The molecule has 0 N–H and O–H groups in total. The molecule has 0 amide bonds. The zero-order valence-electron chi connectivity index (χ0n) is 11.9. The maximum atomic E-state index is 13.4. The molecule has 3 unspecified atom stereocenters. The van der Waals surface area contributed by atoms with Crippen LogP contribution >= 0.6 is 0 Å². The van der Waals surface area contributed by atoms with E-state index in [1.807, 2.05) is 6.07 Å². The molecule has 3 atom stereocenters. The van der Waals surface area contributed by atoms with Crippen molar-refractivity contribution in [3.05, 3.63) is 66.0 Å². The Morgan fingerprint density at radius 3 is 2.39 bits per heavy atom. The third-order valence-corrected chi connectivity index (χ3v) is 6.44. The van der Waals surface area contributed by atoms with Gasteiger partial charge in [-0.3, -0.25) is 0 Å². The predicted molar refractivity (Wildman–Crippen MR) is 80.7 cm³/mol. The number of halogens is 1. The Bertz CT molecular complexity index is 905. The Labute approximate surface area is 133 Å². The van der Waals surface area contributed by atoms with Gasteiger partial charge >= 0.3 is 0 Å². The summed E-state index contributed by atoms with van der Waals surface area (Å²) >= 11 is 0. The first-order chi connectivity index (χ1) is 11.0. The minimum Gasteiger partial charge on any atom is -0.302 e. The van der Waals surface area contributed by atoms with Gasteiger partial charge in [-0.1, -0.05) is 30.3 Å². The average Bonchev–Trinajstić information content (AvgIpc) is 3.26. The van der Waals surface area contributed by atoms with Crippen LogP contribution in [0.2, 0.25) is 0 Å². The van der Waals surface area contributed by atoms with Gasteiger partial charge in [0.15, 0.2) is 9.84 Å². The van der Waals surface area contributed by atoms with Gasteiger partial charge in [0, 0.05) is 5.92 Å². The van der Waals surface area contributed by atoms with Gasteiger partial charge in [0.25, 0.3) is 0 Å². The summed E-state index contributed by atoms with van der Waals surface area (Å²) in [6, 6.07) is 14.8. The highest BCUT2D eigenvalue weighted by Gasteiger charge is 2.72. The van der Waals surface area contributed by atoms with E-state index in [9.17, 15) is 22.9 Å². The Morgan fingerprint density at radius 2 is 1.83 bits per heavy atom. The van der Waals surface area contributed by atoms with E-state index in [4.69, 9.17) is 0 Å². The van der Waals surface area contributed by atoms with E-state index >= 15 is 0 Å². The van der Waals surface area contributed by atoms with Crippen LogP contribution in [-0.4, -0.2) is 20.0 Å². The molecule has 3 rings (SSSR count). The second kappa shape index (κ2) is 5.28. The first-order valence-electron chi connectivity index (χ1n) is 6.89. The summed E-state index contributed by atoms with van der Waals surface area (Å²) in [5, 5.41) is 8.19. The summed E-state index contributed by atoms with van der Waals surface area (Å²) in [5.41, 5.74) is -1.34. The highest BCUT2D eigenvalue weighted by atomic mass is 32.2. The maximum Gasteiger partial charge on any atom is 0.183 e. The van der Waals surface area contributed by atoms with Crippen LogP contribution in [0.25, 0.3) is 0 Å². The zero-order valence-corrected chi connectivity index (χ0v) is 12.7. The third kappa shape index (κ3) is 2.25. The smallest absolute Gasteiger partial charge is 0.183 e. The van der Waals surface area contributed by atoms with Crippen molar-refractivity contribution in [1.29, 1.82) is 5.26 Å². The lowest BCUT2D eigenvalue weighted by atomic mass is 10.0. The third-order valence-electron chi connectivity index (χ3n) is 4.18. The second-order valence-corrected chi connectivity index (χ2v) is 7.54. The van der Waals surface area contributed by atoms with E-state index in [2.05, 4.69) is 0 Å². The number of carbonyl (C=O) groups excluding carboxylic acids is 1. The Hall–Kier alpha value is -2.52. The van der Waals surface area contributed by atoms with Crippen LogP contribution in [0, 0.1) is 22.6 Å². The standard InChI is InChI=1S/C17H12FNO3S/c18-13-6-4-5-12(9-13)15-16(17(15,10-19)11-20)23(21,22)14-7-2-1-3-8-14/h1-9,11,15-16H. The lowest BCUT2D eigenvalue weighted by Crippen LogP contribution is -2.16. The van der Waals surface area contributed by atoms with Crippen LogP contribution in [0.5, 0.6) is 0 Å². The van der Waals surface area contributed by atoms with Crippen molar-refractivity contribution in [2.45, 2.75) is 16.1 Å². The summed E-state index contributed by atoms with van der Waals surface area (Å²) in [7, 11) is -3.88. The summed E-state index contributed by atoms with van der Waals surface area (Å²) in [5.74, 6) is -1.41. The maximum absolute atomic E-state index is 13.4. The Kier molecular flexibility index (Phi) is 3.53. The molecule has 2 aromatic carbocycles. The van der Waals surface area contributed by atoms with Gasteiger partial charge in [0.05, 0.1) is 11.0 Å². The normalized spacial score (nSPS) is 26.3. The summed E-state index contributed by atoms with van der Waals surface area (Å²) in [6.45, 7) is 0. The molecule has 23 heavy (non-hydrogen) atoms. The van der Waals surface area contributed by atoms with Crippen LogP contribution in [0.3, 0.4) is 0 Å². The van der Waals surface area contributed by atoms with Crippen LogP contribution in [0.15, 0.2) is 59.5 Å².